The van der Waals surface area contributed by atoms with Crippen LogP contribution in [0.3, 0.4) is 0 Å². The number of hydrogen-bond acceptors (Lipinski definition) is 4. The topological polar surface area (TPSA) is 73.6 Å². The van der Waals surface area contributed by atoms with Crippen LogP contribution in [-0.4, -0.2) is 26.2 Å². The maximum Gasteiger partial charge on any atom is 0.239 e. The van der Waals surface area contributed by atoms with Crippen molar-refractivity contribution in [2.45, 2.75) is 13.0 Å². The quantitative estimate of drug-likeness (QED) is 0.782. The lowest BCUT2D eigenvalue weighted by Gasteiger charge is -2.16. The molecule has 1 rings (SSSR count). The number of ether oxygens (including phenoxy) is 2. The molecule has 5 nitrogen and oxygen atoms in total. The molecule has 1 unspecified atom stereocenters. The van der Waals surface area contributed by atoms with Crippen LogP contribution in [-0.2, 0) is 4.79 Å². The van der Waals surface area contributed by atoms with Crippen LogP contribution in [0, 0.1) is 0 Å². The monoisotopic (exact) mass is 224 g/mol. The lowest BCUT2D eigenvalue weighted by Crippen LogP contribution is -2.32. The fourth-order valence-corrected chi connectivity index (χ4v) is 1.31. The maximum absolute atomic E-state index is 10.9. The predicted octanol–water partition coefficient (Wildman–Crippen LogP) is 0.990. The third-order valence-electron chi connectivity index (χ3n) is 2.20. The molecule has 0 aromatic heterocycles. The minimum absolute atomic E-state index is 0.426. The number of benzene rings is 1. The number of primary amides is 1. The van der Waals surface area contributed by atoms with Crippen molar-refractivity contribution in [3.05, 3.63) is 18.2 Å². The summed E-state index contributed by atoms with van der Waals surface area (Å²) in [6.07, 6.45) is 0. The van der Waals surface area contributed by atoms with Gasteiger partial charge in [-0.15, -0.1) is 0 Å². The van der Waals surface area contributed by atoms with Gasteiger partial charge in [-0.25, -0.2) is 0 Å². The smallest absolute Gasteiger partial charge is 0.239 e. The Kier molecular flexibility index (Phi) is 3.99. The van der Waals surface area contributed by atoms with Crippen LogP contribution in [0.2, 0.25) is 0 Å². The Bertz CT molecular complexity index is 379. The zero-order chi connectivity index (χ0) is 12.1. The summed E-state index contributed by atoms with van der Waals surface area (Å²) in [5.74, 6) is 0.729. The van der Waals surface area contributed by atoms with Crippen LogP contribution in [0.25, 0.3) is 0 Å². The fraction of sp³-hybridized carbons (Fsp3) is 0.364. The number of amides is 1. The Morgan fingerprint density at radius 3 is 2.56 bits per heavy atom. The second-order valence-electron chi connectivity index (χ2n) is 3.31. The molecule has 1 aromatic rings. The number of carbonyl (C=O) groups is 1. The Labute approximate surface area is 94.5 Å². The predicted molar refractivity (Wildman–Crippen MR) is 61.8 cm³/mol. The van der Waals surface area contributed by atoms with E-state index < -0.39 is 11.9 Å². The lowest BCUT2D eigenvalue weighted by molar-refractivity contribution is -0.118. The number of nitrogens with two attached hydrogens (primary N) is 1. The van der Waals surface area contributed by atoms with E-state index >= 15 is 0 Å². The summed E-state index contributed by atoms with van der Waals surface area (Å²) < 4.78 is 10.3. The molecule has 1 aromatic carbocycles. The van der Waals surface area contributed by atoms with E-state index in [2.05, 4.69) is 5.32 Å². The van der Waals surface area contributed by atoms with E-state index in [4.69, 9.17) is 15.2 Å². The molecular formula is C11H16N2O3. The SMILES string of the molecule is COc1cccc(NC(C)C(N)=O)c1OC. The highest BCUT2D eigenvalue weighted by molar-refractivity contribution is 5.83. The van der Waals surface area contributed by atoms with Crippen LogP contribution in [0.5, 0.6) is 11.5 Å². The van der Waals surface area contributed by atoms with Gasteiger partial charge in [0.1, 0.15) is 6.04 Å². The van der Waals surface area contributed by atoms with Gasteiger partial charge in [0.05, 0.1) is 19.9 Å². The first-order chi connectivity index (χ1) is 7.60. The molecule has 88 valence electrons. The van der Waals surface area contributed by atoms with Crippen molar-refractivity contribution in [1.82, 2.24) is 0 Å². The van der Waals surface area contributed by atoms with Gasteiger partial charge in [0.25, 0.3) is 0 Å². The van der Waals surface area contributed by atoms with Crippen molar-refractivity contribution in [2.24, 2.45) is 5.73 Å². The first-order valence-electron chi connectivity index (χ1n) is 4.87. The van der Waals surface area contributed by atoms with Gasteiger partial charge in [0.2, 0.25) is 5.91 Å². The summed E-state index contributed by atoms with van der Waals surface area (Å²) in [6, 6.07) is 4.90. The van der Waals surface area contributed by atoms with E-state index in [1.807, 2.05) is 0 Å². The Hall–Kier alpha value is -1.91. The van der Waals surface area contributed by atoms with Crippen molar-refractivity contribution >= 4 is 11.6 Å². The Balaban J connectivity index is 2.99. The van der Waals surface area contributed by atoms with Crippen LogP contribution in [0.4, 0.5) is 5.69 Å². The average Bonchev–Trinajstić information content (AvgIpc) is 2.28. The summed E-state index contributed by atoms with van der Waals surface area (Å²) in [6.45, 7) is 1.68. The van der Waals surface area contributed by atoms with E-state index in [0.29, 0.717) is 17.2 Å². The molecule has 0 aliphatic rings. The van der Waals surface area contributed by atoms with E-state index in [1.165, 1.54) is 7.11 Å². The fourth-order valence-electron chi connectivity index (χ4n) is 1.31. The van der Waals surface area contributed by atoms with Gasteiger partial charge in [-0.3, -0.25) is 4.79 Å². The summed E-state index contributed by atoms with van der Waals surface area (Å²) in [7, 11) is 3.09. The number of hydrogen-bond donors (Lipinski definition) is 2. The van der Waals surface area contributed by atoms with Crippen LogP contribution >= 0.6 is 0 Å². The summed E-state index contributed by atoms with van der Waals surface area (Å²) >= 11 is 0. The molecule has 0 saturated heterocycles. The Morgan fingerprint density at radius 1 is 1.38 bits per heavy atom. The number of para-hydroxylation sites is 1. The number of carbonyl (C=O) groups excluding carboxylic acids is 1. The first kappa shape index (κ1) is 12.2. The number of anilines is 1. The molecule has 0 saturated carbocycles. The third kappa shape index (κ3) is 2.56. The highest BCUT2D eigenvalue weighted by Gasteiger charge is 2.14. The normalized spacial score (nSPS) is 11.7. The molecule has 0 fully saturated rings. The molecule has 0 aliphatic heterocycles. The molecule has 1 amide bonds. The second kappa shape index (κ2) is 5.25. The van der Waals surface area contributed by atoms with Crippen molar-refractivity contribution < 1.29 is 14.3 Å². The minimum Gasteiger partial charge on any atom is -0.493 e. The second-order valence-corrected chi connectivity index (χ2v) is 3.31. The highest BCUT2D eigenvalue weighted by Crippen LogP contribution is 2.34. The Morgan fingerprint density at radius 2 is 2.06 bits per heavy atom. The number of nitrogens with one attached hydrogen (secondary N) is 1. The number of methoxy groups -OCH3 is 2. The molecule has 1 atom stereocenters. The third-order valence-corrected chi connectivity index (χ3v) is 2.20. The van der Waals surface area contributed by atoms with Crippen LogP contribution in [0.15, 0.2) is 18.2 Å². The highest BCUT2D eigenvalue weighted by atomic mass is 16.5. The van der Waals surface area contributed by atoms with Gasteiger partial charge in [-0.05, 0) is 19.1 Å². The molecule has 16 heavy (non-hydrogen) atoms. The van der Waals surface area contributed by atoms with E-state index in [1.54, 1.807) is 32.2 Å². The maximum atomic E-state index is 10.9. The zero-order valence-electron chi connectivity index (χ0n) is 9.61. The lowest BCUT2D eigenvalue weighted by atomic mass is 10.2. The summed E-state index contributed by atoms with van der Waals surface area (Å²) in [5.41, 5.74) is 5.85. The van der Waals surface area contributed by atoms with E-state index in [0.717, 1.165) is 0 Å². The van der Waals surface area contributed by atoms with Crippen molar-refractivity contribution in [3.63, 3.8) is 0 Å². The van der Waals surface area contributed by atoms with Crippen LogP contribution < -0.4 is 20.5 Å². The van der Waals surface area contributed by atoms with E-state index in [9.17, 15) is 4.79 Å². The molecule has 5 heteroatoms. The molecule has 0 spiro atoms. The molecule has 0 heterocycles. The molecule has 0 aliphatic carbocycles. The minimum atomic E-state index is -0.471. The molecule has 0 radical (unpaired) electrons. The molecule has 0 bridgehead atoms. The number of rotatable bonds is 5. The van der Waals surface area contributed by atoms with Gasteiger partial charge in [0, 0.05) is 0 Å². The van der Waals surface area contributed by atoms with Gasteiger partial charge in [-0.2, -0.15) is 0 Å². The summed E-state index contributed by atoms with van der Waals surface area (Å²) in [5, 5.41) is 2.96. The van der Waals surface area contributed by atoms with Crippen molar-refractivity contribution in [2.75, 3.05) is 19.5 Å². The van der Waals surface area contributed by atoms with E-state index in [-0.39, 0.29) is 0 Å². The van der Waals surface area contributed by atoms with Crippen molar-refractivity contribution in [3.8, 4) is 11.5 Å². The molecule has 3 N–H and O–H groups in total. The van der Waals surface area contributed by atoms with Crippen LogP contribution in [0.1, 0.15) is 6.92 Å². The molecular weight excluding hydrogens is 208 g/mol. The van der Waals surface area contributed by atoms with Gasteiger partial charge < -0.3 is 20.5 Å². The zero-order valence-corrected chi connectivity index (χ0v) is 9.61. The van der Waals surface area contributed by atoms with Gasteiger partial charge >= 0.3 is 0 Å². The summed E-state index contributed by atoms with van der Waals surface area (Å²) in [4.78, 5) is 10.9. The average molecular weight is 224 g/mol. The van der Waals surface area contributed by atoms with Crippen molar-refractivity contribution in [1.29, 1.82) is 0 Å². The van der Waals surface area contributed by atoms with Gasteiger partial charge in [-0.1, -0.05) is 6.07 Å². The largest absolute Gasteiger partial charge is 0.493 e. The standard InChI is InChI=1S/C11H16N2O3/c1-7(11(12)14)13-8-5-4-6-9(15-2)10(8)16-3/h4-7,13H,1-3H3,(H2,12,14). The van der Waals surface area contributed by atoms with Gasteiger partial charge in [0.15, 0.2) is 11.5 Å². The first-order valence-corrected chi connectivity index (χ1v) is 4.87.